The van der Waals surface area contributed by atoms with Gasteiger partial charge in [0.25, 0.3) is 5.91 Å². The van der Waals surface area contributed by atoms with Crippen LogP contribution < -0.4 is 5.43 Å². The summed E-state index contributed by atoms with van der Waals surface area (Å²) in [7, 11) is 0. The second kappa shape index (κ2) is 12.3. The van der Waals surface area contributed by atoms with Crippen molar-refractivity contribution in [1.82, 2.24) is 9.80 Å². The number of halogens is 2. The van der Waals surface area contributed by atoms with E-state index in [0.29, 0.717) is 29.5 Å². The number of para-hydroxylation sites is 1. The molecule has 38 heavy (non-hydrogen) atoms. The van der Waals surface area contributed by atoms with Gasteiger partial charge in [-0.1, -0.05) is 37.6 Å². The first-order valence-corrected chi connectivity index (χ1v) is 12.4. The zero-order valence-electron chi connectivity index (χ0n) is 21.0. The molecule has 0 aliphatic heterocycles. The molecule has 6 nitrogen and oxygen atoms in total. The minimum absolute atomic E-state index is 0.0598. The number of benzene rings is 3. The van der Waals surface area contributed by atoms with E-state index in [1.807, 2.05) is 6.92 Å². The largest absolute Gasteiger partial charge is 0.464 e. The van der Waals surface area contributed by atoms with Crippen molar-refractivity contribution in [2.45, 2.75) is 32.9 Å². The number of amides is 2. The molecule has 0 radical (unpaired) electrons. The van der Waals surface area contributed by atoms with Crippen LogP contribution in [0.1, 0.15) is 41.3 Å². The Morgan fingerprint density at radius 1 is 0.842 bits per heavy atom. The molecule has 0 fully saturated rings. The second-order valence-electron chi connectivity index (χ2n) is 9.05. The van der Waals surface area contributed by atoms with Crippen molar-refractivity contribution in [1.29, 1.82) is 0 Å². The molecule has 1 heterocycles. The molecule has 0 aliphatic rings. The Morgan fingerprint density at radius 3 is 2.18 bits per heavy atom. The SMILES string of the molecule is CCCCN(CC(=O)N(Cc1ccc(F)cc1)Cc1coc2ccccc2c1=O)C(=O)c1ccc(F)cc1. The van der Waals surface area contributed by atoms with E-state index in [1.54, 1.807) is 36.4 Å². The standard InChI is InChI=1S/C30H28F2N2O4/c1-2-3-16-33(30(37)22-10-14-25(32)15-11-22)19-28(35)34(17-21-8-12-24(31)13-9-21)18-23-20-38-27-7-5-4-6-26(27)29(23)36/h4-15,20H,2-3,16-19H2,1H3. The topological polar surface area (TPSA) is 70.8 Å². The Kier molecular flexibility index (Phi) is 8.63. The van der Waals surface area contributed by atoms with E-state index in [0.717, 1.165) is 6.42 Å². The van der Waals surface area contributed by atoms with Crippen molar-refractivity contribution in [3.63, 3.8) is 0 Å². The first-order valence-electron chi connectivity index (χ1n) is 12.4. The lowest BCUT2D eigenvalue weighted by Crippen LogP contribution is -2.43. The first kappa shape index (κ1) is 26.7. The Hall–Kier alpha value is -4.33. The minimum Gasteiger partial charge on any atom is -0.464 e. The van der Waals surface area contributed by atoms with E-state index in [-0.39, 0.29) is 36.2 Å². The van der Waals surface area contributed by atoms with Crippen molar-refractivity contribution >= 4 is 22.8 Å². The van der Waals surface area contributed by atoms with Gasteiger partial charge in [-0.05, 0) is 60.5 Å². The average Bonchev–Trinajstić information content (AvgIpc) is 2.93. The number of hydrogen-bond acceptors (Lipinski definition) is 4. The van der Waals surface area contributed by atoms with E-state index >= 15 is 0 Å². The number of fused-ring (bicyclic) bond motifs is 1. The summed E-state index contributed by atoms with van der Waals surface area (Å²) in [5.74, 6) is -1.65. The third-order valence-corrected chi connectivity index (χ3v) is 6.24. The molecule has 0 atom stereocenters. The molecule has 3 aromatic carbocycles. The van der Waals surface area contributed by atoms with Crippen molar-refractivity contribution in [3.8, 4) is 0 Å². The summed E-state index contributed by atoms with van der Waals surface area (Å²) in [5.41, 5.74) is 1.40. The number of carbonyl (C=O) groups is 2. The van der Waals surface area contributed by atoms with Crippen LogP contribution in [0.15, 0.2) is 88.3 Å². The van der Waals surface area contributed by atoms with Gasteiger partial charge >= 0.3 is 0 Å². The molecule has 8 heteroatoms. The van der Waals surface area contributed by atoms with Crippen LogP contribution in [0, 0.1) is 11.6 Å². The molecular weight excluding hydrogens is 490 g/mol. The average molecular weight is 519 g/mol. The molecule has 0 aliphatic carbocycles. The van der Waals surface area contributed by atoms with Gasteiger partial charge < -0.3 is 14.2 Å². The summed E-state index contributed by atoms with van der Waals surface area (Å²) in [4.78, 5) is 42.8. The fourth-order valence-corrected chi connectivity index (χ4v) is 4.11. The van der Waals surface area contributed by atoms with Crippen molar-refractivity contribution < 1.29 is 22.8 Å². The van der Waals surface area contributed by atoms with E-state index < -0.39 is 23.4 Å². The maximum Gasteiger partial charge on any atom is 0.254 e. The molecule has 2 amide bonds. The highest BCUT2D eigenvalue weighted by molar-refractivity contribution is 5.96. The maximum atomic E-state index is 13.6. The van der Waals surface area contributed by atoms with Gasteiger partial charge in [0.2, 0.25) is 5.91 Å². The normalized spacial score (nSPS) is 10.9. The van der Waals surface area contributed by atoms with Crippen molar-refractivity contribution in [2.24, 2.45) is 0 Å². The van der Waals surface area contributed by atoms with Gasteiger partial charge in [0.05, 0.1) is 23.8 Å². The van der Waals surface area contributed by atoms with E-state index in [4.69, 9.17) is 4.42 Å². The highest BCUT2D eigenvalue weighted by Crippen LogP contribution is 2.16. The lowest BCUT2D eigenvalue weighted by Gasteiger charge is -2.28. The van der Waals surface area contributed by atoms with Crippen LogP contribution in [0.4, 0.5) is 8.78 Å². The molecule has 1 aromatic heterocycles. The predicted octanol–water partition coefficient (Wildman–Crippen LogP) is 5.54. The third-order valence-electron chi connectivity index (χ3n) is 6.24. The number of unbranched alkanes of at least 4 members (excludes halogenated alkanes) is 1. The Morgan fingerprint density at radius 2 is 1.50 bits per heavy atom. The molecular formula is C30H28F2N2O4. The summed E-state index contributed by atoms with van der Waals surface area (Å²) >= 11 is 0. The highest BCUT2D eigenvalue weighted by atomic mass is 19.1. The Balaban J connectivity index is 1.62. The Bertz CT molecular complexity index is 1470. The molecule has 4 rings (SSSR count). The zero-order chi connectivity index (χ0) is 27.1. The number of nitrogens with zero attached hydrogens (tertiary/aromatic N) is 2. The molecule has 0 unspecified atom stereocenters. The van der Waals surface area contributed by atoms with Crippen LogP contribution >= 0.6 is 0 Å². The van der Waals surface area contributed by atoms with Gasteiger partial charge in [0, 0.05) is 18.7 Å². The van der Waals surface area contributed by atoms with Crippen LogP contribution in [0.2, 0.25) is 0 Å². The van der Waals surface area contributed by atoms with E-state index in [2.05, 4.69) is 0 Å². The maximum absolute atomic E-state index is 13.6. The minimum atomic E-state index is -0.461. The van der Waals surface area contributed by atoms with Gasteiger partial charge in [-0.25, -0.2) is 8.78 Å². The summed E-state index contributed by atoms with van der Waals surface area (Å²) in [6.45, 7) is 2.10. The van der Waals surface area contributed by atoms with Gasteiger partial charge in [0.15, 0.2) is 5.43 Å². The number of carbonyl (C=O) groups excluding carboxylic acids is 2. The predicted molar refractivity (Wildman–Crippen MR) is 140 cm³/mol. The summed E-state index contributed by atoms with van der Waals surface area (Å²) in [6.07, 6.45) is 2.82. The van der Waals surface area contributed by atoms with Gasteiger partial charge in [-0.15, -0.1) is 0 Å². The fraction of sp³-hybridized carbons (Fsp3) is 0.233. The third kappa shape index (κ3) is 6.51. The first-order chi connectivity index (χ1) is 18.4. The quantitative estimate of drug-likeness (QED) is 0.276. The smallest absolute Gasteiger partial charge is 0.254 e. The van der Waals surface area contributed by atoms with Crippen LogP contribution in [0.3, 0.4) is 0 Å². The fourth-order valence-electron chi connectivity index (χ4n) is 4.11. The molecule has 0 N–H and O–H groups in total. The summed E-state index contributed by atoms with van der Waals surface area (Å²) in [6, 6.07) is 17.7. The lowest BCUT2D eigenvalue weighted by atomic mass is 10.1. The monoisotopic (exact) mass is 518 g/mol. The lowest BCUT2D eigenvalue weighted by molar-refractivity contribution is -0.133. The van der Waals surface area contributed by atoms with E-state index in [9.17, 15) is 23.2 Å². The molecule has 0 saturated heterocycles. The van der Waals surface area contributed by atoms with Crippen LogP contribution in [-0.2, 0) is 17.9 Å². The van der Waals surface area contributed by atoms with Gasteiger partial charge in [0.1, 0.15) is 23.8 Å². The molecule has 0 saturated carbocycles. The molecule has 4 aromatic rings. The Labute approximate surface area is 219 Å². The molecule has 0 spiro atoms. The zero-order valence-corrected chi connectivity index (χ0v) is 21.0. The van der Waals surface area contributed by atoms with Crippen LogP contribution in [0.25, 0.3) is 11.0 Å². The molecule has 196 valence electrons. The molecule has 0 bridgehead atoms. The van der Waals surface area contributed by atoms with E-state index in [1.165, 1.54) is 52.5 Å². The van der Waals surface area contributed by atoms with Gasteiger partial charge in [-0.2, -0.15) is 0 Å². The highest BCUT2D eigenvalue weighted by Gasteiger charge is 2.24. The van der Waals surface area contributed by atoms with Crippen molar-refractivity contribution in [3.05, 3.63) is 118 Å². The van der Waals surface area contributed by atoms with Crippen LogP contribution in [0.5, 0.6) is 0 Å². The van der Waals surface area contributed by atoms with Crippen LogP contribution in [-0.4, -0.2) is 34.7 Å². The number of hydrogen-bond donors (Lipinski definition) is 0. The summed E-state index contributed by atoms with van der Waals surface area (Å²) in [5, 5.41) is 0.398. The van der Waals surface area contributed by atoms with Gasteiger partial charge in [-0.3, -0.25) is 14.4 Å². The second-order valence-corrected chi connectivity index (χ2v) is 9.05. The van der Waals surface area contributed by atoms with Crippen molar-refractivity contribution in [2.75, 3.05) is 13.1 Å². The summed E-state index contributed by atoms with van der Waals surface area (Å²) < 4.78 is 32.5. The number of rotatable bonds is 10.